The normalized spacial score (nSPS) is 20.1. The first kappa shape index (κ1) is 16.7. The number of hydrogen-bond acceptors (Lipinski definition) is 4. The van der Waals surface area contributed by atoms with Crippen LogP contribution in [0.15, 0.2) is 12.1 Å². The molecule has 1 aromatic rings. The van der Waals surface area contributed by atoms with E-state index in [0.29, 0.717) is 0 Å². The lowest BCUT2D eigenvalue weighted by molar-refractivity contribution is -0.128. The minimum absolute atomic E-state index is 0.0867. The Kier molecular flexibility index (Phi) is 6.05. The smallest absolute Gasteiger partial charge is 0.219 e. The van der Waals surface area contributed by atoms with Crippen molar-refractivity contribution in [3.05, 3.63) is 21.3 Å². The molecule has 0 aromatic carbocycles. The standard InChI is InChI=1S/C15H24ClN3OS/c1-3-12(17)15(13-5-6-14(16)21-13)19-8-4-7-18(9-10-19)11(2)20/h5-6,12,15H,3-4,7-10,17H2,1-2H3. The number of rotatable bonds is 4. The molecule has 118 valence electrons. The lowest BCUT2D eigenvalue weighted by Gasteiger charge is -2.33. The minimum Gasteiger partial charge on any atom is -0.342 e. The Balaban J connectivity index is 2.15. The number of nitrogens with zero attached hydrogens (tertiary/aromatic N) is 2. The predicted molar refractivity (Wildman–Crippen MR) is 88.8 cm³/mol. The number of hydrogen-bond donors (Lipinski definition) is 1. The van der Waals surface area contributed by atoms with Crippen LogP contribution in [0.4, 0.5) is 0 Å². The Bertz CT molecular complexity index is 479. The summed E-state index contributed by atoms with van der Waals surface area (Å²) in [6, 6.07) is 4.31. The molecule has 0 spiro atoms. The van der Waals surface area contributed by atoms with Gasteiger partial charge < -0.3 is 10.6 Å². The number of thiophene rings is 1. The Hall–Kier alpha value is -0.620. The van der Waals surface area contributed by atoms with E-state index in [1.165, 1.54) is 4.88 Å². The molecule has 0 aliphatic carbocycles. The van der Waals surface area contributed by atoms with E-state index in [1.807, 2.05) is 11.0 Å². The molecule has 4 nitrogen and oxygen atoms in total. The van der Waals surface area contributed by atoms with Crippen LogP contribution >= 0.6 is 22.9 Å². The van der Waals surface area contributed by atoms with Gasteiger partial charge in [0.2, 0.25) is 5.91 Å². The number of carbonyl (C=O) groups excluding carboxylic acids is 1. The molecule has 0 saturated carbocycles. The third-order valence-electron chi connectivity index (χ3n) is 4.13. The summed E-state index contributed by atoms with van der Waals surface area (Å²) in [6.07, 6.45) is 1.92. The highest BCUT2D eigenvalue weighted by molar-refractivity contribution is 7.16. The largest absolute Gasteiger partial charge is 0.342 e. The summed E-state index contributed by atoms with van der Waals surface area (Å²) in [7, 11) is 0. The number of nitrogens with two attached hydrogens (primary N) is 1. The summed E-state index contributed by atoms with van der Waals surface area (Å²) >= 11 is 7.70. The average molecular weight is 330 g/mol. The van der Waals surface area contributed by atoms with Gasteiger partial charge in [-0.3, -0.25) is 9.69 Å². The second kappa shape index (κ2) is 7.58. The van der Waals surface area contributed by atoms with Gasteiger partial charge in [-0.05, 0) is 25.0 Å². The quantitative estimate of drug-likeness (QED) is 0.924. The van der Waals surface area contributed by atoms with Crippen LogP contribution in [0.25, 0.3) is 0 Å². The maximum Gasteiger partial charge on any atom is 0.219 e. The Morgan fingerprint density at radius 2 is 2.14 bits per heavy atom. The van der Waals surface area contributed by atoms with Crippen molar-refractivity contribution in [2.24, 2.45) is 5.73 Å². The van der Waals surface area contributed by atoms with E-state index in [4.69, 9.17) is 17.3 Å². The maximum atomic E-state index is 11.6. The molecule has 1 saturated heterocycles. The first-order valence-corrected chi connectivity index (χ1v) is 8.72. The summed E-state index contributed by atoms with van der Waals surface area (Å²) in [5, 5.41) is 0. The molecular formula is C15H24ClN3OS. The van der Waals surface area contributed by atoms with E-state index in [-0.39, 0.29) is 18.0 Å². The number of carbonyl (C=O) groups is 1. The summed E-state index contributed by atoms with van der Waals surface area (Å²) in [6.45, 7) is 7.22. The monoisotopic (exact) mass is 329 g/mol. The number of amides is 1. The molecule has 1 amide bonds. The molecule has 1 fully saturated rings. The Labute approximate surface area is 135 Å². The summed E-state index contributed by atoms with van der Waals surface area (Å²) < 4.78 is 0.804. The molecule has 6 heteroatoms. The van der Waals surface area contributed by atoms with Gasteiger partial charge >= 0.3 is 0 Å². The van der Waals surface area contributed by atoms with E-state index in [2.05, 4.69) is 17.9 Å². The van der Waals surface area contributed by atoms with Crippen LogP contribution < -0.4 is 5.73 Å². The van der Waals surface area contributed by atoms with E-state index in [0.717, 1.165) is 43.4 Å². The molecule has 0 bridgehead atoms. The SMILES string of the molecule is CCC(N)C(c1ccc(Cl)s1)N1CCCN(C(C)=O)CC1. The molecular weight excluding hydrogens is 306 g/mol. The molecule has 0 radical (unpaired) electrons. The molecule has 2 heterocycles. The van der Waals surface area contributed by atoms with Crippen LogP contribution in [0.3, 0.4) is 0 Å². The van der Waals surface area contributed by atoms with Crippen LogP contribution in [-0.2, 0) is 4.79 Å². The van der Waals surface area contributed by atoms with Gasteiger partial charge in [0.15, 0.2) is 0 Å². The van der Waals surface area contributed by atoms with Gasteiger partial charge in [-0.2, -0.15) is 0 Å². The zero-order valence-electron chi connectivity index (χ0n) is 12.7. The fourth-order valence-electron chi connectivity index (χ4n) is 2.90. The highest BCUT2D eigenvalue weighted by Gasteiger charge is 2.29. The van der Waals surface area contributed by atoms with Gasteiger partial charge in [-0.1, -0.05) is 18.5 Å². The van der Waals surface area contributed by atoms with Crippen molar-refractivity contribution in [2.45, 2.75) is 38.8 Å². The molecule has 2 N–H and O–H groups in total. The zero-order chi connectivity index (χ0) is 15.4. The Morgan fingerprint density at radius 1 is 1.38 bits per heavy atom. The second-order valence-corrected chi connectivity index (χ2v) is 7.30. The molecule has 2 rings (SSSR count). The van der Waals surface area contributed by atoms with E-state index < -0.39 is 0 Å². The summed E-state index contributed by atoms with van der Waals surface area (Å²) in [5.41, 5.74) is 6.38. The van der Waals surface area contributed by atoms with Gasteiger partial charge in [0.05, 0.1) is 10.4 Å². The van der Waals surface area contributed by atoms with Crippen LogP contribution in [0.2, 0.25) is 4.34 Å². The molecule has 1 aliphatic heterocycles. The van der Waals surface area contributed by atoms with E-state index >= 15 is 0 Å². The van der Waals surface area contributed by atoms with Gasteiger partial charge in [0.1, 0.15) is 0 Å². The lowest BCUT2D eigenvalue weighted by atomic mass is 10.0. The maximum absolute atomic E-state index is 11.6. The summed E-state index contributed by atoms with van der Waals surface area (Å²) in [5.74, 6) is 0.160. The lowest BCUT2D eigenvalue weighted by Crippen LogP contribution is -2.42. The van der Waals surface area contributed by atoms with Crippen molar-refractivity contribution in [2.75, 3.05) is 26.2 Å². The van der Waals surface area contributed by atoms with Crippen molar-refractivity contribution in [3.8, 4) is 0 Å². The molecule has 2 atom stereocenters. The molecule has 1 aliphatic rings. The topological polar surface area (TPSA) is 49.6 Å². The second-order valence-electron chi connectivity index (χ2n) is 5.55. The molecule has 21 heavy (non-hydrogen) atoms. The average Bonchev–Trinajstić information content (AvgIpc) is 2.73. The van der Waals surface area contributed by atoms with Gasteiger partial charge in [0, 0.05) is 44.0 Å². The van der Waals surface area contributed by atoms with Crippen molar-refractivity contribution < 1.29 is 4.79 Å². The highest BCUT2D eigenvalue weighted by Crippen LogP contribution is 2.33. The first-order chi connectivity index (χ1) is 10.0. The van der Waals surface area contributed by atoms with Crippen molar-refractivity contribution in [1.29, 1.82) is 0 Å². The van der Waals surface area contributed by atoms with Gasteiger partial charge in [-0.25, -0.2) is 0 Å². The minimum atomic E-state index is 0.0867. The van der Waals surface area contributed by atoms with E-state index in [9.17, 15) is 4.79 Å². The van der Waals surface area contributed by atoms with Crippen LogP contribution in [0, 0.1) is 0 Å². The molecule has 1 aromatic heterocycles. The highest BCUT2D eigenvalue weighted by atomic mass is 35.5. The Morgan fingerprint density at radius 3 is 2.71 bits per heavy atom. The van der Waals surface area contributed by atoms with Gasteiger partial charge in [0.25, 0.3) is 0 Å². The first-order valence-electron chi connectivity index (χ1n) is 7.53. The fourth-order valence-corrected chi connectivity index (χ4v) is 4.17. The molecule has 2 unspecified atom stereocenters. The summed E-state index contributed by atoms with van der Waals surface area (Å²) in [4.78, 5) is 17.1. The van der Waals surface area contributed by atoms with Crippen LogP contribution in [0.5, 0.6) is 0 Å². The van der Waals surface area contributed by atoms with Crippen LogP contribution in [0.1, 0.15) is 37.6 Å². The van der Waals surface area contributed by atoms with Gasteiger partial charge in [-0.15, -0.1) is 11.3 Å². The van der Waals surface area contributed by atoms with Crippen molar-refractivity contribution in [3.63, 3.8) is 0 Å². The predicted octanol–water partition coefficient (Wildman–Crippen LogP) is 2.73. The van der Waals surface area contributed by atoms with Crippen LogP contribution in [-0.4, -0.2) is 47.9 Å². The fraction of sp³-hybridized carbons (Fsp3) is 0.667. The van der Waals surface area contributed by atoms with Crippen molar-refractivity contribution >= 4 is 28.8 Å². The number of halogens is 1. The third-order valence-corrected chi connectivity index (χ3v) is 5.43. The van der Waals surface area contributed by atoms with E-state index in [1.54, 1.807) is 18.3 Å². The third kappa shape index (κ3) is 4.19. The zero-order valence-corrected chi connectivity index (χ0v) is 14.3. The van der Waals surface area contributed by atoms with Crippen molar-refractivity contribution in [1.82, 2.24) is 9.80 Å².